The van der Waals surface area contributed by atoms with Gasteiger partial charge in [0.05, 0.1) is 13.2 Å². The van der Waals surface area contributed by atoms with Crippen LogP contribution < -0.4 is 14.8 Å². The van der Waals surface area contributed by atoms with Crippen LogP contribution >= 0.6 is 0 Å². The number of methoxy groups -OCH3 is 1. The normalized spacial score (nSPS) is 16.8. The Kier molecular flexibility index (Phi) is 5.86. The predicted octanol–water partition coefficient (Wildman–Crippen LogP) is 3.73. The third-order valence-corrected chi connectivity index (χ3v) is 4.44. The van der Waals surface area contributed by atoms with E-state index in [1.807, 2.05) is 0 Å². The summed E-state index contributed by atoms with van der Waals surface area (Å²) >= 11 is 0. The fourth-order valence-electron chi connectivity index (χ4n) is 3.25. The van der Waals surface area contributed by atoms with Gasteiger partial charge in [-0.2, -0.15) is 0 Å². The molecule has 0 unspecified atom stereocenters. The van der Waals surface area contributed by atoms with Gasteiger partial charge in [-0.25, -0.2) is 4.39 Å². The Morgan fingerprint density at radius 2 is 1.63 bits per heavy atom. The third kappa shape index (κ3) is 4.90. The maximum Gasteiger partial charge on any atom is 0.573 e. The number of benzene rings is 2. The Labute approximate surface area is 154 Å². The van der Waals surface area contributed by atoms with Gasteiger partial charge in [-0.3, -0.25) is 4.90 Å². The van der Waals surface area contributed by atoms with Crippen LogP contribution in [0.15, 0.2) is 42.5 Å². The molecule has 1 saturated heterocycles. The van der Waals surface area contributed by atoms with Crippen LogP contribution in [-0.2, 0) is 0 Å². The fourth-order valence-corrected chi connectivity index (χ4v) is 3.25. The highest BCUT2D eigenvalue weighted by atomic mass is 19.4. The van der Waals surface area contributed by atoms with E-state index in [2.05, 4.69) is 15.0 Å². The summed E-state index contributed by atoms with van der Waals surface area (Å²) in [6.07, 6.45) is -4.73. The van der Waals surface area contributed by atoms with Gasteiger partial charge in [0.2, 0.25) is 0 Å². The summed E-state index contributed by atoms with van der Waals surface area (Å²) in [5.74, 6) is -0.610. The van der Waals surface area contributed by atoms with Crippen LogP contribution in [0.1, 0.15) is 17.2 Å². The first-order valence-electron chi connectivity index (χ1n) is 8.51. The first-order chi connectivity index (χ1) is 12.9. The molecule has 0 bridgehead atoms. The molecule has 27 heavy (non-hydrogen) atoms. The van der Waals surface area contributed by atoms with Crippen LogP contribution in [0.5, 0.6) is 11.5 Å². The zero-order chi connectivity index (χ0) is 19.4. The number of hydrogen-bond acceptors (Lipinski definition) is 4. The summed E-state index contributed by atoms with van der Waals surface area (Å²) < 4.78 is 60.0. The van der Waals surface area contributed by atoms with Crippen molar-refractivity contribution in [1.82, 2.24) is 10.2 Å². The largest absolute Gasteiger partial charge is 0.573 e. The third-order valence-electron chi connectivity index (χ3n) is 4.44. The van der Waals surface area contributed by atoms with Crippen LogP contribution in [-0.4, -0.2) is 44.6 Å². The van der Waals surface area contributed by atoms with Crippen LogP contribution in [0.4, 0.5) is 17.6 Å². The predicted molar refractivity (Wildman–Crippen MR) is 92.4 cm³/mol. The minimum absolute atomic E-state index is 0.129. The molecule has 1 atom stereocenters. The Morgan fingerprint density at radius 1 is 1.00 bits per heavy atom. The molecule has 0 amide bonds. The van der Waals surface area contributed by atoms with E-state index in [-0.39, 0.29) is 17.5 Å². The van der Waals surface area contributed by atoms with E-state index >= 15 is 0 Å². The Morgan fingerprint density at radius 3 is 2.22 bits per heavy atom. The highest BCUT2D eigenvalue weighted by Crippen LogP contribution is 2.33. The van der Waals surface area contributed by atoms with Crippen molar-refractivity contribution in [2.24, 2.45) is 0 Å². The Bertz CT molecular complexity index is 759. The first kappa shape index (κ1) is 19.4. The van der Waals surface area contributed by atoms with E-state index in [9.17, 15) is 17.6 Å². The molecule has 0 aromatic heterocycles. The number of ether oxygens (including phenoxy) is 2. The van der Waals surface area contributed by atoms with Gasteiger partial charge >= 0.3 is 6.36 Å². The fraction of sp³-hybridized carbons (Fsp3) is 0.368. The number of alkyl halides is 3. The molecule has 1 fully saturated rings. The van der Waals surface area contributed by atoms with Gasteiger partial charge in [-0.15, -0.1) is 13.2 Å². The maximum atomic E-state index is 13.8. The van der Waals surface area contributed by atoms with E-state index < -0.39 is 12.2 Å². The molecule has 0 saturated carbocycles. The van der Waals surface area contributed by atoms with Crippen molar-refractivity contribution in [3.05, 3.63) is 59.4 Å². The number of piperazine rings is 1. The number of halogens is 4. The molecule has 3 rings (SSSR count). The zero-order valence-corrected chi connectivity index (χ0v) is 14.7. The SMILES string of the molecule is COc1cc([C@H](c2ccc(OC(F)(F)F)cc2)N2CCNCC2)ccc1F. The molecule has 1 aliphatic heterocycles. The van der Waals surface area contributed by atoms with Crippen molar-refractivity contribution in [2.75, 3.05) is 33.3 Å². The Hall–Kier alpha value is -2.32. The summed E-state index contributed by atoms with van der Waals surface area (Å²) in [5, 5.41) is 3.27. The highest BCUT2D eigenvalue weighted by Gasteiger charge is 2.31. The molecule has 2 aromatic carbocycles. The van der Waals surface area contributed by atoms with E-state index in [0.29, 0.717) is 0 Å². The monoisotopic (exact) mass is 384 g/mol. The zero-order valence-electron chi connectivity index (χ0n) is 14.7. The molecular formula is C19H20F4N2O2. The van der Waals surface area contributed by atoms with Gasteiger partial charge in [0.1, 0.15) is 5.75 Å². The second kappa shape index (κ2) is 8.14. The molecule has 1 aliphatic rings. The molecule has 146 valence electrons. The standard InChI is InChI=1S/C19H20F4N2O2/c1-26-17-12-14(4-7-16(17)20)18(25-10-8-24-9-11-25)13-2-5-15(6-3-13)27-19(21,22)23/h2-7,12,18,24H,8-11H2,1H3/t18-/m0/s1. The lowest BCUT2D eigenvalue weighted by atomic mass is 9.96. The van der Waals surface area contributed by atoms with Crippen molar-refractivity contribution >= 4 is 0 Å². The molecule has 1 heterocycles. The second-order valence-corrected chi connectivity index (χ2v) is 6.20. The number of rotatable bonds is 5. The Balaban J connectivity index is 1.95. The van der Waals surface area contributed by atoms with E-state index in [4.69, 9.17) is 4.74 Å². The van der Waals surface area contributed by atoms with E-state index in [1.54, 1.807) is 24.3 Å². The van der Waals surface area contributed by atoms with Gasteiger partial charge in [0, 0.05) is 26.2 Å². The van der Waals surface area contributed by atoms with E-state index in [0.717, 1.165) is 37.3 Å². The number of nitrogens with zero attached hydrogens (tertiary/aromatic N) is 1. The van der Waals surface area contributed by atoms with Crippen LogP contribution in [0.2, 0.25) is 0 Å². The van der Waals surface area contributed by atoms with Crippen molar-refractivity contribution in [2.45, 2.75) is 12.4 Å². The van der Waals surface area contributed by atoms with Crippen LogP contribution in [0.25, 0.3) is 0 Å². The molecule has 0 aliphatic carbocycles. The van der Waals surface area contributed by atoms with Crippen molar-refractivity contribution in [3.8, 4) is 11.5 Å². The van der Waals surface area contributed by atoms with Crippen molar-refractivity contribution in [1.29, 1.82) is 0 Å². The smallest absolute Gasteiger partial charge is 0.494 e. The van der Waals surface area contributed by atoms with Gasteiger partial charge in [0.25, 0.3) is 0 Å². The molecule has 0 spiro atoms. The quantitative estimate of drug-likeness (QED) is 0.797. The first-order valence-corrected chi connectivity index (χ1v) is 8.51. The topological polar surface area (TPSA) is 33.7 Å². The summed E-state index contributed by atoms with van der Waals surface area (Å²) in [6.45, 7) is 3.10. The maximum absolute atomic E-state index is 13.8. The lowest BCUT2D eigenvalue weighted by molar-refractivity contribution is -0.274. The van der Waals surface area contributed by atoms with Crippen molar-refractivity contribution < 1.29 is 27.0 Å². The van der Waals surface area contributed by atoms with Gasteiger partial charge in [-0.05, 0) is 35.4 Å². The summed E-state index contributed by atoms with van der Waals surface area (Å²) in [7, 11) is 1.39. The van der Waals surface area contributed by atoms with Crippen LogP contribution in [0, 0.1) is 5.82 Å². The van der Waals surface area contributed by atoms with Crippen LogP contribution in [0.3, 0.4) is 0 Å². The van der Waals surface area contributed by atoms with E-state index in [1.165, 1.54) is 25.3 Å². The highest BCUT2D eigenvalue weighted by molar-refractivity contribution is 5.39. The average molecular weight is 384 g/mol. The molecular weight excluding hydrogens is 364 g/mol. The molecule has 1 N–H and O–H groups in total. The van der Waals surface area contributed by atoms with Gasteiger partial charge in [-0.1, -0.05) is 18.2 Å². The summed E-state index contributed by atoms with van der Waals surface area (Å²) in [4.78, 5) is 2.20. The molecule has 2 aromatic rings. The van der Waals surface area contributed by atoms with Gasteiger partial charge < -0.3 is 14.8 Å². The molecule has 0 radical (unpaired) electrons. The second-order valence-electron chi connectivity index (χ2n) is 6.20. The van der Waals surface area contributed by atoms with Gasteiger partial charge in [0.15, 0.2) is 11.6 Å². The summed E-state index contributed by atoms with van der Waals surface area (Å²) in [6, 6.07) is 10.2. The average Bonchev–Trinajstić information content (AvgIpc) is 2.64. The lowest BCUT2D eigenvalue weighted by Crippen LogP contribution is -2.45. The molecule has 8 heteroatoms. The molecule has 4 nitrogen and oxygen atoms in total. The lowest BCUT2D eigenvalue weighted by Gasteiger charge is -2.35. The number of nitrogens with one attached hydrogen (secondary N) is 1. The summed E-state index contributed by atoms with van der Waals surface area (Å²) in [5.41, 5.74) is 1.60. The number of hydrogen-bond donors (Lipinski definition) is 1. The minimum Gasteiger partial charge on any atom is -0.494 e. The minimum atomic E-state index is -4.73. The van der Waals surface area contributed by atoms with Crippen molar-refractivity contribution in [3.63, 3.8) is 0 Å².